The summed E-state index contributed by atoms with van der Waals surface area (Å²) in [6.45, 7) is 12.0. The molecule has 0 saturated heterocycles. The Labute approximate surface area is 162 Å². The average molecular weight is 370 g/mol. The number of nitrogens with one attached hydrogen (secondary N) is 1. The van der Waals surface area contributed by atoms with Crippen molar-refractivity contribution in [2.75, 3.05) is 19.6 Å². The normalized spacial score (nSPS) is 12.8. The van der Waals surface area contributed by atoms with Gasteiger partial charge in [-0.2, -0.15) is 0 Å². The molecule has 0 bridgehead atoms. The molecule has 0 aliphatic rings. The molecule has 0 saturated carbocycles. The second kappa shape index (κ2) is 10.6. The Hall–Kier alpha value is -2.47. The fraction of sp³-hybridized carbons (Fsp3) is 0.476. The highest BCUT2D eigenvalue weighted by Gasteiger charge is 2.19. The van der Waals surface area contributed by atoms with Gasteiger partial charge in [-0.3, -0.25) is 9.69 Å². The van der Waals surface area contributed by atoms with E-state index >= 15 is 0 Å². The van der Waals surface area contributed by atoms with E-state index in [1.54, 1.807) is 10.8 Å². The van der Waals surface area contributed by atoms with Crippen molar-refractivity contribution in [3.63, 3.8) is 0 Å². The van der Waals surface area contributed by atoms with Crippen LogP contribution in [0.2, 0.25) is 0 Å². The Kier molecular flexibility index (Phi) is 8.20. The lowest BCUT2D eigenvalue weighted by atomic mass is 10.0. The third kappa shape index (κ3) is 6.64. The number of benzene rings is 1. The standard InChI is InChI=1S/C21H31N5O/c1-5-25(6-2)20(17(3)4)14-22-21(27)13-12-19-16-26(24-23-19)15-18-10-8-7-9-11-18/h7-13,16-17,20H,5-6,14-15H2,1-4H3,(H,22,27). The van der Waals surface area contributed by atoms with Gasteiger partial charge in [-0.15, -0.1) is 5.10 Å². The first-order chi connectivity index (χ1) is 13.0. The zero-order chi connectivity index (χ0) is 19.6. The van der Waals surface area contributed by atoms with E-state index in [1.807, 2.05) is 36.5 Å². The van der Waals surface area contributed by atoms with Crippen LogP contribution >= 0.6 is 0 Å². The number of hydrogen-bond donors (Lipinski definition) is 1. The largest absolute Gasteiger partial charge is 0.351 e. The van der Waals surface area contributed by atoms with Crippen LogP contribution in [0.15, 0.2) is 42.6 Å². The van der Waals surface area contributed by atoms with Gasteiger partial charge in [0.25, 0.3) is 0 Å². The van der Waals surface area contributed by atoms with Gasteiger partial charge in [-0.1, -0.05) is 63.2 Å². The van der Waals surface area contributed by atoms with Gasteiger partial charge in [-0.25, -0.2) is 4.68 Å². The van der Waals surface area contributed by atoms with E-state index in [-0.39, 0.29) is 5.91 Å². The summed E-state index contributed by atoms with van der Waals surface area (Å²) in [6, 6.07) is 10.4. The second-order valence-electron chi connectivity index (χ2n) is 6.94. The summed E-state index contributed by atoms with van der Waals surface area (Å²) in [7, 11) is 0. The van der Waals surface area contributed by atoms with E-state index in [4.69, 9.17) is 0 Å². The molecular weight excluding hydrogens is 338 g/mol. The molecule has 1 amide bonds. The molecule has 1 aromatic carbocycles. The Balaban J connectivity index is 1.87. The third-order valence-electron chi connectivity index (χ3n) is 4.69. The predicted octanol–water partition coefficient (Wildman–Crippen LogP) is 2.82. The Morgan fingerprint density at radius 2 is 1.93 bits per heavy atom. The molecule has 0 radical (unpaired) electrons. The third-order valence-corrected chi connectivity index (χ3v) is 4.69. The predicted molar refractivity (Wildman–Crippen MR) is 109 cm³/mol. The average Bonchev–Trinajstić information content (AvgIpc) is 3.11. The summed E-state index contributed by atoms with van der Waals surface area (Å²) in [5, 5.41) is 11.2. The van der Waals surface area contributed by atoms with Crippen molar-refractivity contribution in [1.29, 1.82) is 0 Å². The summed E-state index contributed by atoms with van der Waals surface area (Å²) in [5.41, 5.74) is 1.83. The smallest absolute Gasteiger partial charge is 0.244 e. The first-order valence-corrected chi connectivity index (χ1v) is 9.67. The number of amides is 1. The second-order valence-corrected chi connectivity index (χ2v) is 6.94. The van der Waals surface area contributed by atoms with E-state index < -0.39 is 0 Å². The van der Waals surface area contributed by atoms with Gasteiger partial charge in [0.15, 0.2) is 0 Å². The van der Waals surface area contributed by atoms with Crippen LogP contribution in [0.4, 0.5) is 0 Å². The van der Waals surface area contributed by atoms with Gasteiger partial charge in [0.2, 0.25) is 5.91 Å². The number of hydrogen-bond acceptors (Lipinski definition) is 4. The minimum Gasteiger partial charge on any atom is -0.351 e. The van der Waals surface area contributed by atoms with Crippen molar-refractivity contribution in [3.05, 3.63) is 53.9 Å². The molecule has 2 rings (SSSR count). The van der Waals surface area contributed by atoms with Crippen molar-refractivity contribution >= 4 is 12.0 Å². The molecule has 1 N–H and O–H groups in total. The summed E-state index contributed by atoms with van der Waals surface area (Å²) in [4.78, 5) is 14.5. The van der Waals surface area contributed by atoms with Crippen molar-refractivity contribution in [1.82, 2.24) is 25.2 Å². The number of carbonyl (C=O) groups excluding carboxylic acids is 1. The molecule has 1 unspecified atom stereocenters. The molecule has 0 spiro atoms. The molecule has 27 heavy (non-hydrogen) atoms. The Morgan fingerprint density at radius 1 is 1.22 bits per heavy atom. The van der Waals surface area contributed by atoms with Crippen molar-refractivity contribution in [3.8, 4) is 0 Å². The highest BCUT2D eigenvalue weighted by molar-refractivity contribution is 5.91. The first kappa shape index (κ1) is 20.8. The minimum absolute atomic E-state index is 0.106. The lowest BCUT2D eigenvalue weighted by molar-refractivity contribution is -0.116. The zero-order valence-corrected chi connectivity index (χ0v) is 16.8. The van der Waals surface area contributed by atoms with E-state index in [0.717, 1.165) is 18.7 Å². The van der Waals surface area contributed by atoms with Crippen LogP contribution in [0.1, 0.15) is 39.0 Å². The molecular formula is C21H31N5O. The fourth-order valence-corrected chi connectivity index (χ4v) is 3.14. The van der Waals surface area contributed by atoms with Crippen LogP contribution in [0, 0.1) is 5.92 Å². The molecule has 6 heteroatoms. The van der Waals surface area contributed by atoms with Crippen LogP contribution in [0.5, 0.6) is 0 Å². The van der Waals surface area contributed by atoms with Gasteiger partial charge in [-0.05, 0) is 30.6 Å². The molecule has 2 aromatic rings. The molecule has 0 aliphatic heterocycles. The Morgan fingerprint density at radius 3 is 2.56 bits per heavy atom. The number of likely N-dealkylation sites (N-methyl/N-ethyl adjacent to an activating group) is 1. The van der Waals surface area contributed by atoms with Gasteiger partial charge in [0.1, 0.15) is 5.69 Å². The van der Waals surface area contributed by atoms with Crippen LogP contribution in [0.3, 0.4) is 0 Å². The monoisotopic (exact) mass is 369 g/mol. The number of rotatable bonds is 10. The molecule has 1 heterocycles. The summed E-state index contributed by atoms with van der Waals surface area (Å²) in [6.07, 6.45) is 5.06. The molecule has 1 atom stereocenters. The zero-order valence-electron chi connectivity index (χ0n) is 16.8. The quantitative estimate of drug-likeness (QED) is 0.654. The van der Waals surface area contributed by atoms with Gasteiger partial charge in [0, 0.05) is 18.7 Å². The van der Waals surface area contributed by atoms with Crippen molar-refractivity contribution in [2.24, 2.45) is 5.92 Å². The summed E-state index contributed by atoms with van der Waals surface area (Å²) < 4.78 is 1.77. The summed E-state index contributed by atoms with van der Waals surface area (Å²) >= 11 is 0. The SMILES string of the molecule is CCN(CC)C(CNC(=O)C=Cc1cn(Cc2ccccc2)nn1)C(C)C. The molecule has 0 fully saturated rings. The van der Waals surface area contributed by atoms with E-state index in [9.17, 15) is 4.79 Å². The van der Waals surface area contributed by atoms with Crippen LogP contribution < -0.4 is 5.32 Å². The molecule has 146 valence electrons. The highest BCUT2D eigenvalue weighted by atomic mass is 16.1. The topological polar surface area (TPSA) is 63.1 Å². The van der Waals surface area contributed by atoms with Gasteiger partial charge in [0.05, 0.1) is 12.7 Å². The lowest BCUT2D eigenvalue weighted by Crippen LogP contribution is -2.46. The van der Waals surface area contributed by atoms with Gasteiger partial charge < -0.3 is 5.32 Å². The lowest BCUT2D eigenvalue weighted by Gasteiger charge is -2.32. The van der Waals surface area contributed by atoms with Gasteiger partial charge >= 0.3 is 0 Å². The number of carbonyl (C=O) groups is 1. The molecule has 0 aliphatic carbocycles. The van der Waals surface area contributed by atoms with Crippen molar-refractivity contribution < 1.29 is 4.79 Å². The first-order valence-electron chi connectivity index (χ1n) is 9.67. The van der Waals surface area contributed by atoms with Crippen LogP contribution in [0.25, 0.3) is 6.08 Å². The maximum absolute atomic E-state index is 12.2. The van der Waals surface area contributed by atoms with E-state index in [2.05, 4.69) is 48.2 Å². The maximum atomic E-state index is 12.2. The van der Waals surface area contributed by atoms with Crippen LogP contribution in [-0.2, 0) is 11.3 Å². The molecule has 6 nitrogen and oxygen atoms in total. The van der Waals surface area contributed by atoms with Crippen LogP contribution in [-0.4, -0.2) is 51.5 Å². The molecule has 1 aromatic heterocycles. The summed E-state index contributed by atoms with van der Waals surface area (Å²) in [5.74, 6) is 0.373. The Bertz CT molecular complexity index is 719. The number of aromatic nitrogens is 3. The minimum atomic E-state index is -0.106. The maximum Gasteiger partial charge on any atom is 0.244 e. The van der Waals surface area contributed by atoms with E-state index in [0.29, 0.717) is 30.7 Å². The highest BCUT2D eigenvalue weighted by Crippen LogP contribution is 2.09. The number of nitrogens with zero attached hydrogens (tertiary/aromatic N) is 4. The fourth-order valence-electron chi connectivity index (χ4n) is 3.14. The van der Waals surface area contributed by atoms with Crippen molar-refractivity contribution in [2.45, 2.75) is 40.3 Å². The van der Waals surface area contributed by atoms with E-state index in [1.165, 1.54) is 6.08 Å².